The molecule has 0 spiro atoms. The van der Waals surface area contributed by atoms with Crippen molar-refractivity contribution in [1.29, 1.82) is 0 Å². The third-order valence-corrected chi connectivity index (χ3v) is 5.18. The van der Waals surface area contributed by atoms with Crippen molar-refractivity contribution in [3.63, 3.8) is 0 Å². The van der Waals surface area contributed by atoms with Gasteiger partial charge >= 0.3 is 5.97 Å². The van der Waals surface area contributed by atoms with E-state index in [2.05, 4.69) is 36.5 Å². The van der Waals surface area contributed by atoms with Crippen LogP contribution in [0.2, 0.25) is 0 Å². The number of carboxylic acids is 1. The quantitative estimate of drug-likeness (QED) is 0.833. The first-order valence-corrected chi connectivity index (χ1v) is 8.69. The molecule has 1 saturated carbocycles. The SMILES string of the molecule is Cc1cccc(C2(CNCc3ccc(C(=O)O)cc3)CCCC2)c1. The molecule has 1 fully saturated rings. The second-order valence-corrected chi connectivity index (χ2v) is 6.96. The van der Waals surface area contributed by atoms with Crippen LogP contribution in [0.4, 0.5) is 0 Å². The van der Waals surface area contributed by atoms with Crippen LogP contribution in [0.5, 0.6) is 0 Å². The molecule has 3 heteroatoms. The third-order valence-electron chi connectivity index (χ3n) is 5.18. The Labute approximate surface area is 143 Å². The molecule has 0 radical (unpaired) electrons. The van der Waals surface area contributed by atoms with Crippen LogP contribution < -0.4 is 5.32 Å². The van der Waals surface area contributed by atoms with E-state index in [-0.39, 0.29) is 5.41 Å². The standard InChI is InChI=1S/C21H25NO2/c1-16-5-4-6-19(13-16)21(11-2-3-12-21)15-22-14-17-7-9-18(10-8-17)20(23)24/h4-10,13,22H,2-3,11-12,14-15H2,1H3,(H,23,24). The monoisotopic (exact) mass is 323 g/mol. The first kappa shape index (κ1) is 16.7. The zero-order valence-corrected chi connectivity index (χ0v) is 14.2. The first-order valence-electron chi connectivity index (χ1n) is 8.69. The molecule has 1 aliphatic carbocycles. The molecule has 2 aromatic rings. The lowest BCUT2D eigenvalue weighted by atomic mass is 9.78. The predicted octanol–water partition coefficient (Wildman–Crippen LogP) is 4.29. The van der Waals surface area contributed by atoms with Gasteiger partial charge in [0.15, 0.2) is 0 Å². The number of carbonyl (C=O) groups is 1. The fraction of sp³-hybridized carbons (Fsp3) is 0.381. The van der Waals surface area contributed by atoms with E-state index in [1.807, 2.05) is 12.1 Å². The van der Waals surface area contributed by atoms with Gasteiger partial charge in [0, 0.05) is 18.5 Å². The van der Waals surface area contributed by atoms with Crippen LogP contribution in [0.25, 0.3) is 0 Å². The molecule has 0 aromatic heterocycles. The highest BCUT2D eigenvalue weighted by Crippen LogP contribution is 2.40. The van der Waals surface area contributed by atoms with Gasteiger partial charge in [-0.15, -0.1) is 0 Å². The van der Waals surface area contributed by atoms with E-state index in [4.69, 9.17) is 5.11 Å². The van der Waals surface area contributed by atoms with Crippen LogP contribution in [0.3, 0.4) is 0 Å². The van der Waals surface area contributed by atoms with Crippen molar-refractivity contribution in [2.45, 2.75) is 44.6 Å². The largest absolute Gasteiger partial charge is 0.478 e. The Morgan fingerprint density at radius 3 is 2.46 bits per heavy atom. The third kappa shape index (κ3) is 3.68. The summed E-state index contributed by atoms with van der Waals surface area (Å²) in [4.78, 5) is 10.9. The molecular formula is C21H25NO2. The number of aromatic carboxylic acids is 1. The number of carboxylic acid groups (broad SMARTS) is 1. The number of hydrogen-bond acceptors (Lipinski definition) is 2. The summed E-state index contributed by atoms with van der Waals surface area (Å²) in [6.07, 6.45) is 5.06. The van der Waals surface area contributed by atoms with Gasteiger partial charge in [-0.3, -0.25) is 0 Å². The molecule has 0 atom stereocenters. The molecule has 0 amide bonds. The summed E-state index contributed by atoms with van der Waals surface area (Å²) in [7, 11) is 0. The van der Waals surface area contributed by atoms with E-state index in [0.29, 0.717) is 5.56 Å². The lowest BCUT2D eigenvalue weighted by Crippen LogP contribution is -2.35. The second-order valence-electron chi connectivity index (χ2n) is 6.96. The molecule has 0 heterocycles. The van der Waals surface area contributed by atoms with Crippen molar-refractivity contribution >= 4 is 5.97 Å². The van der Waals surface area contributed by atoms with Crippen LogP contribution in [-0.4, -0.2) is 17.6 Å². The van der Waals surface area contributed by atoms with Gasteiger partial charge in [0.05, 0.1) is 5.56 Å². The highest BCUT2D eigenvalue weighted by atomic mass is 16.4. The minimum atomic E-state index is -0.876. The molecule has 0 aliphatic heterocycles. The topological polar surface area (TPSA) is 49.3 Å². The summed E-state index contributed by atoms with van der Waals surface area (Å²) in [5.41, 5.74) is 4.48. The smallest absolute Gasteiger partial charge is 0.335 e. The molecule has 3 rings (SSSR count). The maximum absolute atomic E-state index is 10.9. The number of benzene rings is 2. The average Bonchev–Trinajstić information content (AvgIpc) is 3.05. The van der Waals surface area contributed by atoms with Crippen molar-refractivity contribution in [1.82, 2.24) is 5.32 Å². The average molecular weight is 323 g/mol. The Balaban J connectivity index is 1.66. The minimum absolute atomic E-state index is 0.243. The summed E-state index contributed by atoms with van der Waals surface area (Å²) in [5, 5.41) is 12.6. The molecule has 126 valence electrons. The molecule has 0 unspecified atom stereocenters. The van der Waals surface area contributed by atoms with E-state index in [1.165, 1.54) is 36.8 Å². The van der Waals surface area contributed by atoms with E-state index in [0.717, 1.165) is 18.7 Å². The van der Waals surface area contributed by atoms with Gasteiger partial charge in [0.2, 0.25) is 0 Å². The molecule has 1 aliphatic rings. The van der Waals surface area contributed by atoms with Crippen LogP contribution in [0.15, 0.2) is 48.5 Å². The lowest BCUT2D eigenvalue weighted by Gasteiger charge is -2.30. The van der Waals surface area contributed by atoms with Gasteiger partial charge in [0.1, 0.15) is 0 Å². The van der Waals surface area contributed by atoms with Gasteiger partial charge in [0.25, 0.3) is 0 Å². The van der Waals surface area contributed by atoms with E-state index >= 15 is 0 Å². The molecule has 2 N–H and O–H groups in total. The normalized spacial score (nSPS) is 16.2. The Kier molecular flexibility index (Phi) is 5.00. The van der Waals surface area contributed by atoms with Crippen molar-refractivity contribution in [2.24, 2.45) is 0 Å². The van der Waals surface area contributed by atoms with Gasteiger partial charge < -0.3 is 10.4 Å². The summed E-state index contributed by atoms with van der Waals surface area (Å²) in [5.74, 6) is -0.876. The van der Waals surface area contributed by atoms with Crippen molar-refractivity contribution in [3.05, 3.63) is 70.8 Å². The first-order chi connectivity index (χ1) is 11.6. The summed E-state index contributed by atoms with van der Waals surface area (Å²) in [6, 6.07) is 16.0. The fourth-order valence-electron chi connectivity index (χ4n) is 3.81. The van der Waals surface area contributed by atoms with Gasteiger partial charge in [-0.25, -0.2) is 4.79 Å². The predicted molar refractivity (Wildman–Crippen MR) is 96.4 cm³/mol. The van der Waals surface area contributed by atoms with Crippen molar-refractivity contribution in [2.75, 3.05) is 6.54 Å². The molecule has 2 aromatic carbocycles. The zero-order chi connectivity index (χ0) is 17.0. The van der Waals surface area contributed by atoms with Crippen molar-refractivity contribution < 1.29 is 9.90 Å². The maximum Gasteiger partial charge on any atom is 0.335 e. The number of aryl methyl sites for hydroxylation is 1. The molecule has 0 bridgehead atoms. The lowest BCUT2D eigenvalue weighted by molar-refractivity contribution is 0.0697. The maximum atomic E-state index is 10.9. The van der Waals surface area contributed by atoms with Gasteiger partial charge in [-0.05, 0) is 43.0 Å². The fourth-order valence-corrected chi connectivity index (χ4v) is 3.81. The van der Waals surface area contributed by atoms with Crippen LogP contribution >= 0.6 is 0 Å². The van der Waals surface area contributed by atoms with Crippen LogP contribution in [-0.2, 0) is 12.0 Å². The number of nitrogens with one attached hydrogen (secondary N) is 1. The van der Waals surface area contributed by atoms with Crippen LogP contribution in [0.1, 0.15) is 52.7 Å². The zero-order valence-electron chi connectivity index (χ0n) is 14.2. The van der Waals surface area contributed by atoms with Gasteiger partial charge in [-0.1, -0.05) is 54.8 Å². The number of rotatable bonds is 6. The summed E-state index contributed by atoms with van der Waals surface area (Å²) < 4.78 is 0. The number of hydrogen-bond donors (Lipinski definition) is 2. The minimum Gasteiger partial charge on any atom is -0.478 e. The van der Waals surface area contributed by atoms with E-state index in [9.17, 15) is 4.79 Å². The van der Waals surface area contributed by atoms with Crippen molar-refractivity contribution in [3.8, 4) is 0 Å². The van der Waals surface area contributed by atoms with Crippen LogP contribution in [0, 0.1) is 6.92 Å². The Morgan fingerprint density at radius 2 is 1.83 bits per heavy atom. The van der Waals surface area contributed by atoms with E-state index < -0.39 is 5.97 Å². The highest BCUT2D eigenvalue weighted by molar-refractivity contribution is 5.87. The molecule has 24 heavy (non-hydrogen) atoms. The van der Waals surface area contributed by atoms with E-state index in [1.54, 1.807) is 12.1 Å². The Hall–Kier alpha value is -2.13. The highest BCUT2D eigenvalue weighted by Gasteiger charge is 2.35. The summed E-state index contributed by atoms with van der Waals surface area (Å²) >= 11 is 0. The van der Waals surface area contributed by atoms with Gasteiger partial charge in [-0.2, -0.15) is 0 Å². The molecule has 3 nitrogen and oxygen atoms in total. The summed E-state index contributed by atoms with van der Waals surface area (Å²) in [6.45, 7) is 3.90. The molecule has 0 saturated heterocycles. The molecular weight excluding hydrogens is 298 g/mol. The Morgan fingerprint density at radius 1 is 1.12 bits per heavy atom. The second kappa shape index (κ2) is 7.18. The Bertz CT molecular complexity index is 700.